The molecule has 15 heavy (non-hydrogen) atoms. The van der Waals surface area contributed by atoms with Crippen LogP contribution >= 0.6 is 0 Å². The lowest BCUT2D eigenvalue weighted by atomic mass is 10.1. The molecule has 0 spiro atoms. The van der Waals surface area contributed by atoms with Gasteiger partial charge in [-0.1, -0.05) is 36.4 Å². The molecule has 2 heteroatoms. The summed E-state index contributed by atoms with van der Waals surface area (Å²) in [5.74, 6) is 0. The Morgan fingerprint density at radius 2 is 2.13 bits per heavy atom. The second-order valence-electron chi connectivity index (χ2n) is 3.19. The number of benzene rings is 1. The number of pyridine rings is 1. The van der Waals surface area contributed by atoms with Crippen LogP contribution in [-0.2, 0) is 0 Å². The molecule has 72 valence electrons. The minimum absolute atomic E-state index is 0.434. The number of nitriles is 1. The van der Waals surface area contributed by atoms with Crippen LogP contribution < -0.4 is 0 Å². The van der Waals surface area contributed by atoms with E-state index in [4.69, 9.17) is 5.26 Å². The highest BCUT2D eigenvalue weighted by Gasteiger charge is 1.96. The first kappa shape index (κ1) is 9.42. The highest BCUT2D eigenvalue weighted by Crippen LogP contribution is 2.17. The van der Waals surface area contributed by atoms with Crippen molar-refractivity contribution in [3.63, 3.8) is 0 Å². The molecule has 0 aliphatic heterocycles. The fraction of sp³-hybridized carbons (Fsp3) is 0.0769. The van der Waals surface area contributed by atoms with E-state index in [1.807, 2.05) is 42.5 Å². The summed E-state index contributed by atoms with van der Waals surface area (Å²) in [5.41, 5.74) is 2.04. The topological polar surface area (TPSA) is 36.7 Å². The summed E-state index contributed by atoms with van der Waals surface area (Å²) in [6.45, 7) is 0. The molecule has 2 nitrogen and oxygen atoms in total. The van der Waals surface area contributed by atoms with Gasteiger partial charge in [-0.05, 0) is 6.07 Å². The van der Waals surface area contributed by atoms with Gasteiger partial charge in [-0.15, -0.1) is 0 Å². The number of hydrogen-bond acceptors (Lipinski definition) is 2. The van der Waals surface area contributed by atoms with Gasteiger partial charge in [-0.25, -0.2) is 0 Å². The molecule has 1 aromatic carbocycles. The molecule has 1 heterocycles. The number of hydrogen-bond donors (Lipinski definition) is 0. The zero-order chi connectivity index (χ0) is 10.5. The Morgan fingerprint density at radius 3 is 3.00 bits per heavy atom. The molecule has 0 saturated carbocycles. The number of fused-ring (bicyclic) bond motifs is 1. The zero-order valence-electron chi connectivity index (χ0n) is 8.22. The number of rotatable bonds is 2. The van der Waals surface area contributed by atoms with Crippen molar-refractivity contribution in [2.24, 2.45) is 0 Å². The molecular formula is C13H10N2. The summed E-state index contributed by atoms with van der Waals surface area (Å²) in [7, 11) is 0. The van der Waals surface area contributed by atoms with Crippen molar-refractivity contribution >= 4 is 17.0 Å². The summed E-state index contributed by atoms with van der Waals surface area (Å²) in [6, 6.07) is 12.1. The average molecular weight is 194 g/mol. The third-order valence-electron chi connectivity index (χ3n) is 2.17. The normalized spacial score (nSPS) is 10.6. The second kappa shape index (κ2) is 4.39. The molecule has 0 unspecified atom stereocenters. The highest BCUT2D eigenvalue weighted by molar-refractivity contribution is 5.86. The van der Waals surface area contributed by atoms with E-state index < -0.39 is 0 Å². The Balaban J connectivity index is 2.48. The van der Waals surface area contributed by atoms with Crippen LogP contribution in [0.2, 0.25) is 0 Å². The number of aromatic nitrogens is 1. The molecule has 0 atom stereocenters. The second-order valence-corrected chi connectivity index (χ2v) is 3.19. The van der Waals surface area contributed by atoms with Gasteiger partial charge in [0.1, 0.15) is 0 Å². The molecule has 0 N–H and O–H groups in total. The quantitative estimate of drug-likeness (QED) is 0.736. The van der Waals surface area contributed by atoms with Crippen molar-refractivity contribution in [1.82, 2.24) is 4.98 Å². The van der Waals surface area contributed by atoms with E-state index in [1.54, 1.807) is 6.20 Å². The van der Waals surface area contributed by atoms with Crippen molar-refractivity contribution in [3.05, 3.63) is 48.2 Å². The van der Waals surface area contributed by atoms with Crippen molar-refractivity contribution in [1.29, 1.82) is 5.26 Å². The molecule has 0 saturated heterocycles. The Morgan fingerprint density at radius 1 is 1.27 bits per heavy atom. The van der Waals surface area contributed by atoms with Gasteiger partial charge < -0.3 is 0 Å². The summed E-state index contributed by atoms with van der Waals surface area (Å²) in [4.78, 5) is 4.33. The van der Waals surface area contributed by atoms with Crippen LogP contribution in [0.3, 0.4) is 0 Å². The van der Waals surface area contributed by atoms with Gasteiger partial charge in [0.05, 0.1) is 18.0 Å². The van der Waals surface area contributed by atoms with Crippen molar-refractivity contribution < 1.29 is 0 Å². The predicted octanol–water partition coefficient (Wildman–Crippen LogP) is 3.16. The molecule has 0 amide bonds. The first-order chi connectivity index (χ1) is 7.42. The van der Waals surface area contributed by atoms with E-state index in [-0.39, 0.29) is 0 Å². The zero-order valence-corrected chi connectivity index (χ0v) is 8.22. The summed E-state index contributed by atoms with van der Waals surface area (Å²) in [6.07, 6.45) is 6.01. The van der Waals surface area contributed by atoms with Crippen LogP contribution in [0.25, 0.3) is 17.0 Å². The van der Waals surface area contributed by atoms with Gasteiger partial charge in [0, 0.05) is 17.1 Å². The van der Waals surface area contributed by atoms with Crippen molar-refractivity contribution in [3.8, 4) is 6.07 Å². The largest absolute Gasteiger partial charge is 0.256 e. The summed E-state index contributed by atoms with van der Waals surface area (Å²) >= 11 is 0. The van der Waals surface area contributed by atoms with Crippen LogP contribution in [0.4, 0.5) is 0 Å². The summed E-state index contributed by atoms with van der Waals surface area (Å²) < 4.78 is 0. The molecule has 0 aliphatic rings. The maximum Gasteiger partial charge on any atom is 0.0774 e. The van der Waals surface area contributed by atoms with Crippen molar-refractivity contribution in [2.45, 2.75) is 6.42 Å². The van der Waals surface area contributed by atoms with Gasteiger partial charge >= 0.3 is 0 Å². The van der Waals surface area contributed by atoms with Gasteiger partial charge in [0.15, 0.2) is 0 Å². The maximum absolute atomic E-state index is 8.44. The first-order valence-electron chi connectivity index (χ1n) is 4.79. The lowest BCUT2D eigenvalue weighted by Gasteiger charge is -1.99. The molecular weight excluding hydrogens is 184 g/mol. The number of para-hydroxylation sites is 1. The fourth-order valence-corrected chi connectivity index (χ4v) is 1.50. The molecule has 1 aromatic heterocycles. The highest BCUT2D eigenvalue weighted by atomic mass is 14.6. The third kappa shape index (κ3) is 2.03. The SMILES string of the molecule is N#CCC=Cc1cccc2cccnc12. The third-order valence-corrected chi connectivity index (χ3v) is 2.17. The Labute approximate surface area is 88.5 Å². The molecule has 0 radical (unpaired) electrons. The van der Waals surface area contributed by atoms with E-state index >= 15 is 0 Å². The molecule has 0 fully saturated rings. The van der Waals surface area contributed by atoms with Gasteiger partial charge in [0.25, 0.3) is 0 Å². The fourth-order valence-electron chi connectivity index (χ4n) is 1.50. The number of allylic oxidation sites excluding steroid dienone is 1. The van der Waals surface area contributed by atoms with Gasteiger partial charge in [0.2, 0.25) is 0 Å². The Bertz CT molecular complexity index is 530. The molecule has 2 aromatic rings. The Kier molecular flexibility index (Phi) is 2.75. The maximum atomic E-state index is 8.44. The van der Waals surface area contributed by atoms with E-state index in [9.17, 15) is 0 Å². The van der Waals surface area contributed by atoms with Gasteiger partial charge in [-0.2, -0.15) is 5.26 Å². The Hall–Kier alpha value is -2.14. The van der Waals surface area contributed by atoms with Gasteiger partial charge in [-0.3, -0.25) is 4.98 Å². The van der Waals surface area contributed by atoms with E-state index in [1.165, 1.54) is 0 Å². The van der Waals surface area contributed by atoms with Crippen LogP contribution in [0.15, 0.2) is 42.6 Å². The number of nitrogens with zero attached hydrogens (tertiary/aromatic N) is 2. The predicted molar refractivity (Wildman–Crippen MR) is 61.0 cm³/mol. The molecule has 2 rings (SSSR count). The minimum atomic E-state index is 0.434. The summed E-state index contributed by atoms with van der Waals surface area (Å²) in [5, 5.41) is 9.56. The smallest absolute Gasteiger partial charge is 0.0774 e. The van der Waals surface area contributed by atoms with E-state index in [2.05, 4.69) is 11.1 Å². The van der Waals surface area contributed by atoms with E-state index in [0.29, 0.717) is 6.42 Å². The van der Waals surface area contributed by atoms with Crippen molar-refractivity contribution in [2.75, 3.05) is 0 Å². The van der Waals surface area contributed by atoms with Crippen LogP contribution in [-0.4, -0.2) is 4.98 Å². The van der Waals surface area contributed by atoms with Crippen LogP contribution in [0.5, 0.6) is 0 Å². The lowest BCUT2D eigenvalue weighted by molar-refractivity contribution is 1.36. The lowest BCUT2D eigenvalue weighted by Crippen LogP contribution is -1.81. The minimum Gasteiger partial charge on any atom is -0.256 e. The molecule has 0 bridgehead atoms. The van der Waals surface area contributed by atoms with E-state index in [0.717, 1.165) is 16.5 Å². The standard InChI is InChI=1S/C13H10N2/c14-9-2-1-5-11-6-3-7-12-8-4-10-15-13(11)12/h1,3-8,10H,2H2. The van der Waals surface area contributed by atoms with Crippen LogP contribution in [0, 0.1) is 11.3 Å². The monoisotopic (exact) mass is 194 g/mol. The average Bonchev–Trinajstić information content (AvgIpc) is 2.30. The first-order valence-corrected chi connectivity index (χ1v) is 4.79. The van der Waals surface area contributed by atoms with Crippen LogP contribution in [0.1, 0.15) is 12.0 Å². The molecule has 0 aliphatic carbocycles.